The summed E-state index contributed by atoms with van der Waals surface area (Å²) in [6, 6.07) is 11.8. The van der Waals surface area contributed by atoms with Crippen molar-refractivity contribution >= 4 is 40.6 Å². The molecule has 0 aliphatic heterocycles. The molecule has 0 saturated heterocycles. The number of hydrogen-bond donors (Lipinski definition) is 2. The van der Waals surface area contributed by atoms with Gasteiger partial charge in [-0.25, -0.2) is 4.79 Å². The van der Waals surface area contributed by atoms with Crippen molar-refractivity contribution in [2.24, 2.45) is 0 Å². The van der Waals surface area contributed by atoms with Crippen LogP contribution < -0.4 is 15.4 Å². The number of benzene rings is 2. The number of amides is 1. The Hall–Kier alpha value is -3.53. The molecule has 0 fully saturated rings. The third kappa shape index (κ3) is 7.18. The number of nitro groups is 1. The maximum Gasteiger partial charge on any atom is 0.338 e. The van der Waals surface area contributed by atoms with Crippen LogP contribution in [-0.2, 0) is 9.53 Å². The summed E-state index contributed by atoms with van der Waals surface area (Å²) >= 11 is 5.07. The minimum atomic E-state index is -0.527. The molecule has 0 atom stereocenters. The van der Waals surface area contributed by atoms with Crippen LogP contribution in [-0.4, -0.2) is 35.1 Å². The van der Waals surface area contributed by atoms with E-state index < -0.39 is 16.8 Å². The molecule has 0 bridgehead atoms. The van der Waals surface area contributed by atoms with Crippen molar-refractivity contribution in [1.29, 1.82) is 0 Å². The summed E-state index contributed by atoms with van der Waals surface area (Å²) in [4.78, 5) is 33.7. The molecule has 0 aliphatic carbocycles. The van der Waals surface area contributed by atoms with Crippen molar-refractivity contribution in [2.45, 2.75) is 13.3 Å². The number of nitro benzene ring substituents is 1. The zero-order valence-corrected chi connectivity index (χ0v) is 16.4. The number of thiocarbonyl (C=S) groups is 1. The first-order chi connectivity index (χ1) is 13.9. The number of nitrogens with one attached hydrogen (secondary N) is 2. The van der Waals surface area contributed by atoms with E-state index in [0.717, 1.165) is 6.42 Å². The number of esters is 1. The van der Waals surface area contributed by atoms with Gasteiger partial charge in [0, 0.05) is 17.8 Å². The lowest BCUT2D eigenvalue weighted by Crippen LogP contribution is -2.37. The smallest absolute Gasteiger partial charge is 0.338 e. The van der Waals surface area contributed by atoms with E-state index in [9.17, 15) is 19.7 Å². The highest BCUT2D eigenvalue weighted by molar-refractivity contribution is 7.80. The Labute approximate surface area is 172 Å². The molecule has 0 heterocycles. The first kappa shape index (κ1) is 21.8. The molecule has 0 aromatic heterocycles. The molecule has 29 heavy (non-hydrogen) atoms. The Morgan fingerprint density at radius 1 is 1.10 bits per heavy atom. The summed E-state index contributed by atoms with van der Waals surface area (Å²) in [7, 11) is 0. The minimum Gasteiger partial charge on any atom is -0.484 e. The standard InChI is InChI=1S/C19H19N3O6S/c1-2-11-27-18(24)13-3-5-14(6-4-13)20-19(29)21-17(23)12-28-16-9-7-15(8-10-16)22(25)26/h3-10H,2,11-12H2,1H3,(H2,20,21,23,29). The van der Waals surface area contributed by atoms with Gasteiger partial charge in [0.2, 0.25) is 0 Å². The largest absolute Gasteiger partial charge is 0.484 e. The molecule has 10 heteroatoms. The zero-order chi connectivity index (χ0) is 21.2. The second-order valence-corrected chi connectivity index (χ2v) is 6.16. The van der Waals surface area contributed by atoms with E-state index >= 15 is 0 Å². The topological polar surface area (TPSA) is 120 Å². The first-order valence-corrected chi connectivity index (χ1v) is 9.05. The molecule has 0 spiro atoms. The second-order valence-electron chi connectivity index (χ2n) is 5.76. The van der Waals surface area contributed by atoms with E-state index in [4.69, 9.17) is 21.7 Å². The van der Waals surface area contributed by atoms with E-state index in [1.807, 2.05) is 6.92 Å². The third-order valence-corrected chi connectivity index (χ3v) is 3.69. The predicted molar refractivity (Wildman–Crippen MR) is 110 cm³/mol. The van der Waals surface area contributed by atoms with E-state index in [1.54, 1.807) is 24.3 Å². The molecule has 0 aliphatic rings. The molecule has 0 unspecified atom stereocenters. The average Bonchev–Trinajstić information content (AvgIpc) is 2.71. The summed E-state index contributed by atoms with van der Waals surface area (Å²) in [5.74, 6) is -0.589. The minimum absolute atomic E-state index is 0.0589. The molecule has 0 radical (unpaired) electrons. The van der Waals surface area contributed by atoms with Crippen LogP contribution in [0.5, 0.6) is 5.75 Å². The van der Waals surface area contributed by atoms with Crippen molar-refractivity contribution in [1.82, 2.24) is 5.32 Å². The number of non-ortho nitro benzene ring substituents is 1. The molecular weight excluding hydrogens is 398 g/mol. The Kier molecular flexibility index (Phi) is 8.04. The maximum atomic E-state index is 11.9. The van der Waals surface area contributed by atoms with Gasteiger partial charge in [0.15, 0.2) is 11.7 Å². The molecular formula is C19H19N3O6S. The number of hydrogen-bond acceptors (Lipinski definition) is 7. The third-order valence-electron chi connectivity index (χ3n) is 3.49. The fourth-order valence-corrected chi connectivity index (χ4v) is 2.34. The van der Waals surface area contributed by atoms with Crippen LogP contribution >= 0.6 is 12.2 Å². The number of carbonyl (C=O) groups excluding carboxylic acids is 2. The van der Waals surface area contributed by atoms with Crippen LogP contribution in [0.15, 0.2) is 48.5 Å². The Morgan fingerprint density at radius 3 is 2.34 bits per heavy atom. The lowest BCUT2D eigenvalue weighted by atomic mass is 10.2. The molecule has 152 valence electrons. The van der Waals surface area contributed by atoms with E-state index in [2.05, 4.69) is 10.6 Å². The predicted octanol–water partition coefficient (Wildman–Crippen LogP) is 3.05. The molecule has 2 aromatic carbocycles. The van der Waals surface area contributed by atoms with Gasteiger partial charge in [-0.2, -0.15) is 0 Å². The summed E-state index contributed by atoms with van der Waals surface area (Å²) in [6.07, 6.45) is 0.743. The Morgan fingerprint density at radius 2 is 1.76 bits per heavy atom. The monoisotopic (exact) mass is 417 g/mol. The summed E-state index contributed by atoms with van der Waals surface area (Å²) < 4.78 is 10.3. The quantitative estimate of drug-likeness (QED) is 0.291. The summed E-state index contributed by atoms with van der Waals surface area (Å²) in [5.41, 5.74) is 0.922. The van der Waals surface area contributed by atoms with Gasteiger partial charge in [-0.1, -0.05) is 6.92 Å². The SMILES string of the molecule is CCCOC(=O)c1ccc(NC(=S)NC(=O)COc2ccc([N+](=O)[O-])cc2)cc1. The molecule has 2 rings (SSSR count). The van der Waals surface area contributed by atoms with Gasteiger partial charge in [-0.15, -0.1) is 0 Å². The lowest BCUT2D eigenvalue weighted by Gasteiger charge is -2.11. The molecule has 2 N–H and O–H groups in total. The van der Waals surface area contributed by atoms with Crippen LogP contribution in [0.1, 0.15) is 23.7 Å². The van der Waals surface area contributed by atoms with E-state index in [1.165, 1.54) is 24.3 Å². The highest BCUT2D eigenvalue weighted by Crippen LogP contribution is 2.17. The van der Waals surface area contributed by atoms with E-state index in [0.29, 0.717) is 23.6 Å². The second kappa shape index (κ2) is 10.7. The molecule has 1 amide bonds. The van der Waals surface area contributed by atoms with Gasteiger partial charge in [0.1, 0.15) is 5.75 Å². The van der Waals surface area contributed by atoms with Crippen LogP contribution in [0.2, 0.25) is 0 Å². The highest BCUT2D eigenvalue weighted by atomic mass is 32.1. The fourth-order valence-electron chi connectivity index (χ4n) is 2.11. The van der Waals surface area contributed by atoms with Gasteiger partial charge in [-0.05, 0) is 55.0 Å². The zero-order valence-electron chi connectivity index (χ0n) is 15.5. The summed E-state index contributed by atoms with van der Waals surface area (Å²) in [6.45, 7) is 1.95. The van der Waals surface area contributed by atoms with Crippen molar-refractivity contribution < 1.29 is 24.0 Å². The van der Waals surface area contributed by atoms with Crippen LogP contribution in [0.3, 0.4) is 0 Å². The van der Waals surface area contributed by atoms with Crippen LogP contribution in [0.25, 0.3) is 0 Å². The number of anilines is 1. The fraction of sp³-hybridized carbons (Fsp3) is 0.211. The van der Waals surface area contributed by atoms with Gasteiger partial charge < -0.3 is 14.8 Å². The Bertz CT molecular complexity index is 884. The number of carbonyl (C=O) groups is 2. The molecule has 2 aromatic rings. The van der Waals surface area contributed by atoms with Crippen LogP contribution in [0.4, 0.5) is 11.4 Å². The average molecular weight is 417 g/mol. The maximum absolute atomic E-state index is 11.9. The van der Waals surface area contributed by atoms with Crippen molar-refractivity contribution in [3.63, 3.8) is 0 Å². The van der Waals surface area contributed by atoms with Crippen molar-refractivity contribution in [2.75, 3.05) is 18.5 Å². The van der Waals surface area contributed by atoms with Crippen LogP contribution in [0, 0.1) is 10.1 Å². The number of nitrogens with zero attached hydrogens (tertiary/aromatic N) is 1. The highest BCUT2D eigenvalue weighted by Gasteiger charge is 2.09. The summed E-state index contributed by atoms with van der Waals surface area (Å²) in [5, 5.41) is 15.9. The van der Waals surface area contributed by atoms with Gasteiger partial charge >= 0.3 is 5.97 Å². The number of rotatable bonds is 8. The number of ether oxygens (including phenoxy) is 2. The van der Waals surface area contributed by atoms with Crippen molar-refractivity contribution in [3.05, 3.63) is 64.2 Å². The van der Waals surface area contributed by atoms with E-state index in [-0.39, 0.29) is 17.4 Å². The normalized spacial score (nSPS) is 9.97. The Balaban J connectivity index is 1.78. The van der Waals surface area contributed by atoms with Gasteiger partial charge in [-0.3, -0.25) is 20.2 Å². The first-order valence-electron chi connectivity index (χ1n) is 8.64. The lowest BCUT2D eigenvalue weighted by molar-refractivity contribution is -0.384. The molecule has 9 nitrogen and oxygen atoms in total. The van der Waals surface area contributed by atoms with Gasteiger partial charge in [0.05, 0.1) is 17.1 Å². The van der Waals surface area contributed by atoms with Gasteiger partial charge in [0.25, 0.3) is 11.6 Å². The molecule has 0 saturated carbocycles. The van der Waals surface area contributed by atoms with Crippen molar-refractivity contribution in [3.8, 4) is 5.75 Å².